The normalized spacial score (nSPS) is 28.8. The van der Waals surface area contributed by atoms with E-state index in [-0.39, 0.29) is 29.6 Å². The fourth-order valence-electron chi connectivity index (χ4n) is 6.18. The van der Waals surface area contributed by atoms with Crippen LogP contribution in [-0.4, -0.2) is 69.3 Å². The van der Waals surface area contributed by atoms with Gasteiger partial charge in [0.1, 0.15) is 0 Å². The second-order valence-corrected chi connectivity index (χ2v) is 12.0. The van der Waals surface area contributed by atoms with Crippen LogP contribution < -0.4 is 0 Å². The molecule has 0 aromatic rings. The molecule has 3 atom stereocenters. The van der Waals surface area contributed by atoms with Gasteiger partial charge in [-0.1, -0.05) is 25.7 Å². The lowest BCUT2D eigenvalue weighted by atomic mass is 9.76. The quantitative estimate of drug-likeness (QED) is 0.427. The molecular weight excluding hydrogens is 464 g/mol. The average molecular weight is 505 g/mol. The van der Waals surface area contributed by atoms with E-state index in [1.54, 1.807) is 0 Å². The van der Waals surface area contributed by atoms with Gasteiger partial charge < -0.3 is 19.3 Å². The number of ether oxygens (including phenoxy) is 3. The fraction of sp³-hybridized carbons (Fsp3) is 0.917. The van der Waals surface area contributed by atoms with E-state index in [1.165, 1.54) is 20.0 Å². The summed E-state index contributed by atoms with van der Waals surface area (Å²) in [5.41, 5.74) is -0.194. The molecule has 3 unspecified atom stereocenters. The molecule has 2 heterocycles. The molecule has 0 aromatic heterocycles. The van der Waals surface area contributed by atoms with Crippen LogP contribution in [0.3, 0.4) is 0 Å². The van der Waals surface area contributed by atoms with Crippen molar-refractivity contribution in [3.8, 4) is 0 Å². The summed E-state index contributed by atoms with van der Waals surface area (Å²) in [6.07, 6.45) is 12.6. The molecule has 4 rings (SSSR count). The van der Waals surface area contributed by atoms with Crippen LogP contribution in [0, 0.1) is 11.8 Å². The van der Waals surface area contributed by atoms with Gasteiger partial charge in [0.15, 0.2) is 0 Å². The zero-order valence-corrected chi connectivity index (χ0v) is 21.3. The predicted octanol–water partition coefficient (Wildman–Crippen LogP) is 3.44. The summed E-state index contributed by atoms with van der Waals surface area (Å²) in [6.45, 7) is 1.23. The molecule has 34 heavy (non-hydrogen) atoms. The van der Waals surface area contributed by atoms with Crippen LogP contribution in [0.1, 0.15) is 83.5 Å². The molecule has 4 fully saturated rings. The molecule has 0 aromatic carbocycles. The first-order valence-electron chi connectivity index (χ1n) is 12.5. The van der Waals surface area contributed by atoms with Gasteiger partial charge in [0.05, 0.1) is 43.0 Å². The van der Waals surface area contributed by atoms with Gasteiger partial charge in [0, 0.05) is 19.6 Å². The molecule has 4 aliphatic rings. The lowest BCUT2D eigenvalue weighted by Crippen LogP contribution is -2.41. The van der Waals surface area contributed by atoms with E-state index in [9.17, 15) is 23.1 Å². The fourth-order valence-corrected chi connectivity index (χ4v) is 6.83. The SMILES string of the molecule is COC(=O)CC(C(=O)O)C1CCOC2(CCCC2)C1.CS(=O)(=O)OC1CCOC2(CCCC2)C1. The Morgan fingerprint density at radius 3 is 2.00 bits per heavy atom. The first-order valence-corrected chi connectivity index (χ1v) is 14.3. The highest BCUT2D eigenvalue weighted by Crippen LogP contribution is 2.44. The van der Waals surface area contributed by atoms with E-state index >= 15 is 0 Å². The Morgan fingerprint density at radius 1 is 0.971 bits per heavy atom. The second kappa shape index (κ2) is 11.7. The first kappa shape index (κ1) is 27.4. The summed E-state index contributed by atoms with van der Waals surface area (Å²) in [5.74, 6) is -1.97. The Balaban J connectivity index is 0.000000196. The van der Waals surface area contributed by atoms with Gasteiger partial charge in [-0.2, -0.15) is 8.42 Å². The Morgan fingerprint density at radius 2 is 1.50 bits per heavy atom. The molecule has 2 aliphatic carbocycles. The molecule has 10 heteroatoms. The first-order chi connectivity index (χ1) is 16.1. The highest BCUT2D eigenvalue weighted by Gasteiger charge is 2.44. The van der Waals surface area contributed by atoms with Crippen molar-refractivity contribution in [1.29, 1.82) is 0 Å². The zero-order chi connectivity index (χ0) is 24.8. The van der Waals surface area contributed by atoms with Crippen molar-refractivity contribution in [2.75, 3.05) is 26.6 Å². The van der Waals surface area contributed by atoms with E-state index in [4.69, 9.17) is 13.7 Å². The molecule has 0 bridgehead atoms. The molecule has 9 nitrogen and oxygen atoms in total. The van der Waals surface area contributed by atoms with Gasteiger partial charge >= 0.3 is 11.9 Å². The number of aliphatic carboxylic acids is 1. The lowest BCUT2D eigenvalue weighted by Gasteiger charge is -2.40. The Hall–Kier alpha value is -1.23. The molecule has 2 saturated carbocycles. The molecule has 0 radical (unpaired) electrons. The summed E-state index contributed by atoms with van der Waals surface area (Å²) in [4.78, 5) is 22.8. The lowest BCUT2D eigenvalue weighted by molar-refractivity contribution is -0.157. The van der Waals surface area contributed by atoms with E-state index in [0.29, 0.717) is 19.6 Å². The molecule has 2 aliphatic heterocycles. The number of carboxylic acids is 1. The van der Waals surface area contributed by atoms with Crippen LogP contribution in [0.2, 0.25) is 0 Å². The minimum Gasteiger partial charge on any atom is -0.481 e. The van der Waals surface area contributed by atoms with Crippen molar-refractivity contribution >= 4 is 22.1 Å². The van der Waals surface area contributed by atoms with Crippen LogP contribution >= 0.6 is 0 Å². The summed E-state index contributed by atoms with van der Waals surface area (Å²) < 4.78 is 43.4. The van der Waals surface area contributed by atoms with E-state index in [1.807, 2.05) is 0 Å². The largest absolute Gasteiger partial charge is 0.481 e. The van der Waals surface area contributed by atoms with E-state index in [0.717, 1.165) is 64.0 Å². The van der Waals surface area contributed by atoms with Crippen LogP contribution in [-0.2, 0) is 38.1 Å². The topological polar surface area (TPSA) is 125 Å². The number of carboxylic acid groups (broad SMARTS) is 1. The smallest absolute Gasteiger partial charge is 0.307 e. The number of hydrogen-bond donors (Lipinski definition) is 1. The number of rotatable bonds is 6. The van der Waals surface area contributed by atoms with Crippen LogP contribution in [0.4, 0.5) is 0 Å². The maximum Gasteiger partial charge on any atom is 0.307 e. The van der Waals surface area contributed by atoms with Gasteiger partial charge in [-0.3, -0.25) is 13.8 Å². The van der Waals surface area contributed by atoms with Crippen molar-refractivity contribution < 1.29 is 41.5 Å². The van der Waals surface area contributed by atoms with Crippen molar-refractivity contribution in [2.24, 2.45) is 11.8 Å². The summed E-state index contributed by atoms with van der Waals surface area (Å²) in [5, 5.41) is 9.35. The minimum absolute atomic E-state index is 0.0171. The van der Waals surface area contributed by atoms with E-state index in [2.05, 4.69) is 4.74 Å². The Kier molecular flexibility index (Phi) is 9.39. The van der Waals surface area contributed by atoms with Crippen molar-refractivity contribution in [3.05, 3.63) is 0 Å². The molecule has 2 saturated heterocycles. The maximum atomic E-state index is 11.4. The Labute approximate surface area is 203 Å². The van der Waals surface area contributed by atoms with Gasteiger partial charge in [0.25, 0.3) is 10.1 Å². The van der Waals surface area contributed by atoms with Crippen molar-refractivity contribution in [2.45, 2.75) is 101 Å². The standard InChI is InChI=1S/C14H22O5.C10H18O4S/c1-18-12(15)8-11(13(16)17)10-4-7-19-14(9-10)5-2-3-6-14;1-15(11,12)14-9-4-7-13-10(8-9)5-2-3-6-10/h10-11H,2-9H2,1H3,(H,16,17);9H,2-8H2,1H3. The number of methoxy groups -OCH3 is 1. The molecule has 2 spiro atoms. The van der Waals surface area contributed by atoms with E-state index < -0.39 is 28.0 Å². The van der Waals surface area contributed by atoms with Gasteiger partial charge in [-0.25, -0.2) is 0 Å². The third kappa shape index (κ3) is 7.63. The summed E-state index contributed by atoms with van der Waals surface area (Å²) in [6, 6.07) is 0. The number of carbonyl (C=O) groups is 2. The van der Waals surface area contributed by atoms with Crippen LogP contribution in [0.5, 0.6) is 0 Å². The highest BCUT2D eigenvalue weighted by molar-refractivity contribution is 7.86. The number of carbonyl (C=O) groups excluding carboxylic acids is 1. The third-order valence-electron chi connectivity index (χ3n) is 7.82. The summed E-state index contributed by atoms with van der Waals surface area (Å²) >= 11 is 0. The molecule has 0 amide bonds. The number of hydrogen-bond acceptors (Lipinski definition) is 8. The monoisotopic (exact) mass is 504 g/mol. The highest BCUT2D eigenvalue weighted by atomic mass is 32.2. The number of esters is 1. The van der Waals surface area contributed by atoms with Crippen LogP contribution in [0.15, 0.2) is 0 Å². The second-order valence-electron chi connectivity index (χ2n) is 10.4. The van der Waals surface area contributed by atoms with Crippen LogP contribution in [0.25, 0.3) is 0 Å². The van der Waals surface area contributed by atoms with Gasteiger partial charge in [-0.05, 0) is 50.9 Å². The van der Waals surface area contributed by atoms with Gasteiger partial charge in [-0.15, -0.1) is 0 Å². The summed E-state index contributed by atoms with van der Waals surface area (Å²) in [7, 11) is -2.03. The van der Waals surface area contributed by atoms with Crippen molar-refractivity contribution in [3.63, 3.8) is 0 Å². The minimum atomic E-state index is -3.33. The molecular formula is C24H40O9S. The van der Waals surface area contributed by atoms with Gasteiger partial charge in [0.2, 0.25) is 0 Å². The maximum absolute atomic E-state index is 11.4. The average Bonchev–Trinajstić information content (AvgIpc) is 3.41. The molecule has 196 valence electrons. The third-order valence-corrected chi connectivity index (χ3v) is 8.44. The zero-order valence-electron chi connectivity index (χ0n) is 20.5. The predicted molar refractivity (Wildman–Crippen MR) is 124 cm³/mol. The Bertz CT molecular complexity index is 797. The molecule has 1 N–H and O–H groups in total. The van der Waals surface area contributed by atoms with Crippen molar-refractivity contribution in [1.82, 2.24) is 0 Å².